The molecule has 0 bridgehead atoms. The molecular formula is C19H19FN2OS. The van der Waals surface area contributed by atoms with Crippen LogP contribution in [0.4, 0.5) is 4.39 Å². The van der Waals surface area contributed by atoms with Crippen LogP contribution in [0.3, 0.4) is 0 Å². The van der Waals surface area contributed by atoms with Crippen LogP contribution in [0.1, 0.15) is 22.0 Å². The van der Waals surface area contributed by atoms with Gasteiger partial charge in [0.05, 0.1) is 11.6 Å². The fourth-order valence-corrected chi connectivity index (χ4v) is 3.69. The van der Waals surface area contributed by atoms with Crippen molar-refractivity contribution in [3.63, 3.8) is 0 Å². The number of hydrogen-bond acceptors (Lipinski definition) is 3. The lowest BCUT2D eigenvalue weighted by Gasteiger charge is -2.25. The minimum absolute atomic E-state index is 0.0884. The summed E-state index contributed by atoms with van der Waals surface area (Å²) in [6, 6.07) is 14.3. The van der Waals surface area contributed by atoms with Gasteiger partial charge in [-0.15, -0.1) is 11.3 Å². The van der Waals surface area contributed by atoms with Crippen molar-refractivity contribution in [2.45, 2.75) is 6.04 Å². The van der Waals surface area contributed by atoms with Crippen molar-refractivity contribution in [2.75, 3.05) is 20.6 Å². The Labute approximate surface area is 144 Å². The van der Waals surface area contributed by atoms with Crippen LogP contribution >= 0.6 is 11.3 Å². The van der Waals surface area contributed by atoms with E-state index in [1.807, 2.05) is 54.7 Å². The second kappa shape index (κ2) is 7.11. The Morgan fingerprint density at radius 3 is 2.75 bits per heavy atom. The van der Waals surface area contributed by atoms with Crippen LogP contribution in [0.25, 0.3) is 10.1 Å². The predicted molar refractivity (Wildman–Crippen MR) is 97.0 cm³/mol. The SMILES string of the molecule is CN(C)[C@@H](CNC(=O)c1csc2ccccc12)c1cccc(F)c1. The molecule has 0 saturated carbocycles. The van der Waals surface area contributed by atoms with Gasteiger partial charge in [-0.25, -0.2) is 4.39 Å². The molecule has 24 heavy (non-hydrogen) atoms. The van der Waals surface area contributed by atoms with Crippen LogP contribution < -0.4 is 5.32 Å². The number of carbonyl (C=O) groups is 1. The van der Waals surface area contributed by atoms with Gasteiger partial charge in [0.25, 0.3) is 5.91 Å². The van der Waals surface area contributed by atoms with Crippen molar-refractivity contribution in [1.29, 1.82) is 0 Å². The number of carbonyl (C=O) groups excluding carboxylic acids is 1. The smallest absolute Gasteiger partial charge is 0.252 e. The first-order valence-corrected chi connectivity index (χ1v) is 8.60. The van der Waals surface area contributed by atoms with Crippen LogP contribution in [0.2, 0.25) is 0 Å². The number of hydrogen-bond donors (Lipinski definition) is 1. The van der Waals surface area contributed by atoms with Crippen molar-refractivity contribution in [1.82, 2.24) is 10.2 Å². The molecule has 1 N–H and O–H groups in total. The molecule has 0 aliphatic carbocycles. The number of amides is 1. The first-order valence-electron chi connectivity index (χ1n) is 7.72. The first-order chi connectivity index (χ1) is 11.6. The minimum atomic E-state index is -0.269. The van der Waals surface area contributed by atoms with Gasteiger partial charge >= 0.3 is 0 Å². The summed E-state index contributed by atoms with van der Waals surface area (Å²) in [6.45, 7) is 0.416. The number of fused-ring (bicyclic) bond motifs is 1. The van der Waals surface area contributed by atoms with Gasteiger partial charge in [-0.1, -0.05) is 30.3 Å². The van der Waals surface area contributed by atoms with E-state index in [4.69, 9.17) is 0 Å². The topological polar surface area (TPSA) is 32.3 Å². The first kappa shape index (κ1) is 16.6. The van der Waals surface area contributed by atoms with E-state index in [1.54, 1.807) is 17.4 Å². The van der Waals surface area contributed by atoms with E-state index in [-0.39, 0.29) is 17.8 Å². The Balaban J connectivity index is 1.76. The molecule has 0 aliphatic heterocycles. The zero-order valence-corrected chi connectivity index (χ0v) is 14.4. The average molecular weight is 342 g/mol. The molecule has 1 aromatic heterocycles. The van der Waals surface area contributed by atoms with Crippen LogP contribution in [-0.4, -0.2) is 31.4 Å². The Bertz CT molecular complexity index is 859. The average Bonchev–Trinajstić information content (AvgIpc) is 2.99. The van der Waals surface area contributed by atoms with Crippen molar-refractivity contribution in [3.8, 4) is 0 Å². The van der Waals surface area contributed by atoms with Crippen molar-refractivity contribution < 1.29 is 9.18 Å². The number of nitrogens with zero attached hydrogens (tertiary/aromatic N) is 1. The summed E-state index contributed by atoms with van der Waals surface area (Å²) < 4.78 is 14.6. The Kier molecular flexibility index (Phi) is 4.92. The molecule has 124 valence electrons. The lowest BCUT2D eigenvalue weighted by atomic mass is 10.1. The van der Waals surface area contributed by atoms with Gasteiger partial charge in [0.1, 0.15) is 5.82 Å². The second-order valence-electron chi connectivity index (χ2n) is 5.89. The van der Waals surface area contributed by atoms with Crippen molar-refractivity contribution >= 4 is 27.3 Å². The third kappa shape index (κ3) is 3.47. The molecule has 0 spiro atoms. The standard InChI is InChI=1S/C19H19FN2OS/c1-22(2)17(13-6-5-7-14(20)10-13)11-21-19(23)16-12-24-18-9-4-3-8-15(16)18/h3-10,12,17H,11H2,1-2H3,(H,21,23)/t17-/m0/s1. The summed E-state index contributed by atoms with van der Waals surface area (Å²) in [5.41, 5.74) is 1.53. The third-order valence-corrected chi connectivity index (χ3v) is 5.00. The summed E-state index contributed by atoms with van der Waals surface area (Å²) in [5, 5.41) is 5.83. The monoisotopic (exact) mass is 342 g/mol. The van der Waals surface area contributed by atoms with E-state index < -0.39 is 0 Å². The highest BCUT2D eigenvalue weighted by molar-refractivity contribution is 7.17. The van der Waals surface area contributed by atoms with E-state index in [0.717, 1.165) is 15.6 Å². The van der Waals surface area contributed by atoms with E-state index in [9.17, 15) is 9.18 Å². The maximum atomic E-state index is 13.5. The van der Waals surface area contributed by atoms with Gasteiger partial charge in [-0.2, -0.15) is 0 Å². The number of nitrogens with one attached hydrogen (secondary N) is 1. The molecule has 1 heterocycles. The van der Waals surface area contributed by atoms with E-state index >= 15 is 0 Å². The molecule has 3 rings (SSSR count). The summed E-state index contributed by atoms with van der Waals surface area (Å²) in [5.74, 6) is -0.370. The third-order valence-electron chi connectivity index (χ3n) is 4.04. The van der Waals surface area contributed by atoms with Crippen LogP contribution in [-0.2, 0) is 0 Å². The molecule has 3 aromatic rings. The fourth-order valence-electron chi connectivity index (χ4n) is 2.75. The highest BCUT2D eigenvalue weighted by atomic mass is 32.1. The number of halogens is 1. The van der Waals surface area contributed by atoms with Crippen LogP contribution in [0, 0.1) is 5.82 Å². The van der Waals surface area contributed by atoms with Crippen molar-refractivity contribution in [2.24, 2.45) is 0 Å². The van der Waals surface area contributed by atoms with E-state index in [2.05, 4.69) is 5.32 Å². The molecule has 1 amide bonds. The molecule has 3 nitrogen and oxygen atoms in total. The summed E-state index contributed by atoms with van der Waals surface area (Å²) in [6.07, 6.45) is 0. The van der Waals surface area contributed by atoms with Gasteiger partial charge < -0.3 is 10.2 Å². The predicted octanol–water partition coefficient (Wildman–Crippen LogP) is 4.07. The molecule has 1 atom stereocenters. The number of thiophene rings is 1. The van der Waals surface area contributed by atoms with Gasteiger partial charge in [0, 0.05) is 22.0 Å². The molecule has 0 aliphatic rings. The minimum Gasteiger partial charge on any atom is -0.350 e. The quantitative estimate of drug-likeness (QED) is 0.758. The lowest BCUT2D eigenvalue weighted by Crippen LogP contribution is -2.34. The van der Waals surface area contributed by atoms with Gasteiger partial charge in [0.2, 0.25) is 0 Å². The molecule has 0 saturated heterocycles. The zero-order chi connectivity index (χ0) is 17.1. The highest BCUT2D eigenvalue weighted by Gasteiger charge is 2.18. The Morgan fingerprint density at radius 2 is 2.00 bits per heavy atom. The highest BCUT2D eigenvalue weighted by Crippen LogP contribution is 2.26. The lowest BCUT2D eigenvalue weighted by molar-refractivity contribution is 0.0944. The number of rotatable bonds is 5. The summed E-state index contributed by atoms with van der Waals surface area (Å²) in [4.78, 5) is 14.5. The van der Waals surface area contributed by atoms with Gasteiger partial charge in [0.15, 0.2) is 0 Å². The maximum Gasteiger partial charge on any atom is 0.252 e. The fraction of sp³-hybridized carbons (Fsp3) is 0.211. The van der Waals surface area contributed by atoms with Crippen LogP contribution in [0.15, 0.2) is 53.9 Å². The maximum absolute atomic E-state index is 13.5. The number of likely N-dealkylation sites (N-methyl/N-ethyl adjacent to an activating group) is 1. The molecular weight excluding hydrogens is 323 g/mol. The van der Waals surface area contributed by atoms with E-state index in [1.165, 1.54) is 12.1 Å². The number of benzene rings is 2. The van der Waals surface area contributed by atoms with Crippen LogP contribution in [0.5, 0.6) is 0 Å². The summed E-state index contributed by atoms with van der Waals surface area (Å²) >= 11 is 1.56. The molecule has 5 heteroatoms. The molecule has 0 unspecified atom stereocenters. The van der Waals surface area contributed by atoms with Gasteiger partial charge in [-0.3, -0.25) is 4.79 Å². The Morgan fingerprint density at radius 1 is 1.21 bits per heavy atom. The largest absolute Gasteiger partial charge is 0.350 e. The molecule has 2 aromatic carbocycles. The molecule has 0 fully saturated rings. The summed E-state index contributed by atoms with van der Waals surface area (Å²) in [7, 11) is 3.84. The normalized spacial score (nSPS) is 12.5. The molecule has 0 radical (unpaired) electrons. The zero-order valence-electron chi connectivity index (χ0n) is 13.6. The van der Waals surface area contributed by atoms with Gasteiger partial charge in [-0.05, 0) is 37.9 Å². The second-order valence-corrected chi connectivity index (χ2v) is 6.80. The van der Waals surface area contributed by atoms with Crippen molar-refractivity contribution in [3.05, 3.63) is 70.9 Å². The Hall–Kier alpha value is -2.24. The van der Waals surface area contributed by atoms with E-state index in [0.29, 0.717) is 12.1 Å².